The third-order valence-corrected chi connectivity index (χ3v) is 4.25. The highest BCUT2D eigenvalue weighted by Gasteiger charge is 2.27. The van der Waals surface area contributed by atoms with E-state index in [1.807, 2.05) is 0 Å². The smallest absolute Gasteiger partial charge is 0.122 e. The van der Waals surface area contributed by atoms with Crippen molar-refractivity contribution in [2.75, 3.05) is 27.3 Å². The molecular weight excluding hydrogens is 288 g/mol. The summed E-state index contributed by atoms with van der Waals surface area (Å²) in [7, 11) is 3.51. The maximum atomic E-state index is 5.92. The lowest BCUT2D eigenvalue weighted by molar-refractivity contribution is 0.0102. The summed E-state index contributed by atoms with van der Waals surface area (Å²) in [6.07, 6.45) is 2.46. The number of piperidine rings is 1. The van der Waals surface area contributed by atoms with Crippen LogP contribution in [0.2, 0.25) is 0 Å². The van der Waals surface area contributed by atoms with Crippen LogP contribution in [0.3, 0.4) is 0 Å². The number of hydrogen-bond acceptors (Lipinski definition) is 4. The molecule has 1 aromatic carbocycles. The Kier molecular flexibility index (Phi) is 7.46. The van der Waals surface area contributed by atoms with Gasteiger partial charge in [0.05, 0.1) is 13.2 Å². The van der Waals surface area contributed by atoms with E-state index < -0.39 is 0 Å². The number of rotatable bonds is 5. The third-order valence-electron chi connectivity index (χ3n) is 4.25. The number of halogens is 1. The molecule has 0 amide bonds. The molecule has 0 bridgehead atoms. The van der Waals surface area contributed by atoms with Crippen LogP contribution in [0.5, 0.6) is 5.75 Å². The molecule has 0 radical (unpaired) electrons. The predicted molar refractivity (Wildman–Crippen MR) is 88.3 cm³/mol. The van der Waals surface area contributed by atoms with Gasteiger partial charge < -0.3 is 15.2 Å². The molecular formula is C16H27ClN2O2. The Morgan fingerprint density at radius 3 is 2.71 bits per heavy atom. The van der Waals surface area contributed by atoms with E-state index in [0.29, 0.717) is 18.7 Å². The van der Waals surface area contributed by atoms with Crippen LogP contribution in [0.15, 0.2) is 18.2 Å². The molecule has 1 aliphatic heterocycles. The maximum absolute atomic E-state index is 5.92. The van der Waals surface area contributed by atoms with E-state index in [9.17, 15) is 0 Å². The fourth-order valence-electron chi connectivity index (χ4n) is 2.93. The molecule has 2 N–H and O–H groups in total. The molecule has 5 heteroatoms. The molecule has 2 atom stereocenters. The third kappa shape index (κ3) is 4.58. The second-order valence-electron chi connectivity index (χ2n) is 5.55. The summed E-state index contributed by atoms with van der Waals surface area (Å²) in [5.74, 6) is 0.957. The lowest BCUT2D eigenvalue weighted by atomic mass is 9.98. The molecule has 21 heavy (non-hydrogen) atoms. The molecule has 0 aromatic heterocycles. The number of ether oxygens (including phenoxy) is 2. The van der Waals surface area contributed by atoms with E-state index >= 15 is 0 Å². The van der Waals surface area contributed by atoms with Crippen molar-refractivity contribution in [2.24, 2.45) is 5.73 Å². The average Bonchev–Trinajstić information content (AvgIpc) is 2.49. The number of nitrogens with zero attached hydrogens (tertiary/aromatic N) is 1. The van der Waals surface area contributed by atoms with Gasteiger partial charge in [-0.15, -0.1) is 12.4 Å². The van der Waals surface area contributed by atoms with Crippen LogP contribution < -0.4 is 10.5 Å². The van der Waals surface area contributed by atoms with Crippen molar-refractivity contribution in [2.45, 2.75) is 38.5 Å². The highest BCUT2D eigenvalue weighted by Crippen LogP contribution is 2.24. The Balaban J connectivity index is 0.00000220. The lowest BCUT2D eigenvalue weighted by Gasteiger charge is -2.38. The van der Waals surface area contributed by atoms with E-state index in [1.165, 1.54) is 11.1 Å². The van der Waals surface area contributed by atoms with Crippen LogP contribution in [0.1, 0.15) is 24.0 Å². The van der Waals surface area contributed by atoms with Crippen molar-refractivity contribution in [3.8, 4) is 5.75 Å². The van der Waals surface area contributed by atoms with E-state index in [4.69, 9.17) is 15.2 Å². The van der Waals surface area contributed by atoms with Crippen molar-refractivity contribution in [3.63, 3.8) is 0 Å². The summed E-state index contributed by atoms with van der Waals surface area (Å²) in [5.41, 5.74) is 8.37. The van der Waals surface area contributed by atoms with Gasteiger partial charge in [0.25, 0.3) is 0 Å². The number of methoxy groups -OCH3 is 2. The largest absolute Gasteiger partial charge is 0.496 e. The van der Waals surface area contributed by atoms with Gasteiger partial charge in [0.2, 0.25) is 0 Å². The van der Waals surface area contributed by atoms with Crippen LogP contribution in [0.4, 0.5) is 0 Å². The quantitative estimate of drug-likeness (QED) is 0.906. The molecule has 1 aliphatic rings. The molecule has 2 rings (SSSR count). The first kappa shape index (κ1) is 18.2. The van der Waals surface area contributed by atoms with Gasteiger partial charge in [-0.25, -0.2) is 0 Å². The summed E-state index contributed by atoms with van der Waals surface area (Å²) in [6.45, 7) is 4.71. The van der Waals surface area contributed by atoms with E-state index in [1.54, 1.807) is 14.2 Å². The van der Waals surface area contributed by atoms with Crippen molar-refractivity contribution >= 4 is 12.4 Å². The Morgan fingerprint density at radius 2 is 2.10 bits per heavy atom. The highest BCUT2D eigenvalue weighted by molar-refractivity contribution is 5.85. The van der Waals surface area contributed by atoms with Gasteiger partial charge in [0.1, 0.15) is 5.75 Å². The molecule has 4 nitrogen and oxygen atoms in total. The Bertz CT molecular complexity index is 442. The molecule has 2 unspecified atom stereocenters. The van der Waals surface area contributed by atoms with E-state index in [2.05, 4.69) is 30.0 Å². The number of benzene rings is 1. The summed E-state index contributed by atoms with van der Waals surface area (Å²) in [6, 6.07) is 6.83. The van der Waals surface area contributed by atoms with Crippen LogP contribution >= 0.6 is 12.4 Å². The summed E-state index contributed by atoms with van der Waals surface area (Å²) < 4.78 is 10.9. The van der Waals surface area contributed by atoms with Gasteiger partial charge in [-0.3, -0.25) is 4.90 Å². The molecule has 120 valence electrons. The highest BCUT2D eigenvalue weighted by atomic mass is 35.5. The van der Waals surface area contributed by atoms with E-state index in [-0.39, 0.29) is 12.4 Å². The predicted octanol–water partition coefficient (Wildman–Crippen LogP) is 2.36. The van der Waals surface area contributed by atoms with Crippen molar-refractivity contribution < 1.29 is 9.47 Å². The Hall–Kier alpha value is -0.810. The summed E-state index contributed by atoms with van der Waals surface area (Å²) >= 11 is 0. The first-order valence-electron chi connectivity index (χ1n) is 7.28. The minimum Gasteiger partial charge on any atom is -0.496 e. The number of nitrogens with two attached hydrogens (primary N) is 1. The van der Waals surface area contributed by atoms with Gasteiger partial charge >= 0.3 is 0 Å². The first-order valence-corrected chi connectivity index (χ1v) is 7.28. The van der Waals surface area contributed by atoms with Crippen LogP contribution in [-0.2, 0) is 11.3 Å². The Morgan fingerprint density at radius 1 is 1.33 bits per heavy atom. The molecule has 1 fully saturated rings. The zero-order chi connectivity index (χ0) is 14.5. The van der Waals surface area contributed by atoms with Crippen LogP contribution in [-0.4, -0.2) is 44.4 Å². The minimum atomic E-state index is 0. The zero-order valence-corrected chi connectivity index (χ0v) is 14.0. The maximum Gasteiger partial charge on any atom is 0.122 e. The fraction of sp³-hybridized carbons (Fsp3) is 0.625. The second kappa shape index (κ2) is 8.59. The normalized spacial score (nSPS) is 22.7. The molecule has 1 saturated heterocycles. The van der Waals surface area contributed by atoms with Gasteiger partial charge in [-0.2, -0.15) is 0 Å². The number of hydrogen-bond donors (Lipinski definition) is 1. The summed E-state index contributed by atoms with van der Waals surface area (Å²) in [5, 5.41) is 0. The monoisotopic (exact) mass is 314 g/mol. The van der Waals surface area contributed by atoms with Gasteiger partial charge in [-0.05, 0) is 37.0 Å². The molecule has 1 aromatic rings. The average molecular weight is 315 g/mol. The first-order chi connectivity index (χ1) is 9.67. The second-order valence-corrected chi connectivity index (χ2v) is 5.55. The zero-order valence-electron chi connectivity index (χ0n) is 13.2. The molecule has 0 saturated carbocycles. The van der Waals surface area contributed by atoms with Crippen molar-refractivity contribution in [3.05, 3.63) is 29.3 Å². The van der Waals surface area contributed by atoms with E-state index in [0.717, 1.165) is 31.7 Å². The molecule has 0 spiro atoms. The lowest BCUT2D eigenvalue weighted by Crippen LogP contribution is -2.47. The van der Waals surface area contributed by atoms with Gasteiger partial charge in [0, 0.05) is 32.8 Å². The SMILES string of the molecule is COc1cc(CN2CCC(OC)CC2CN)ccc1C.Cl. The van der Waals surface area contributed by atoms with Gasteiger partial charge in [0.15, 0.2) is 0 Å². The minimum absolute atomic E-state index is 0. The van der Waals surface area contributed by atoms with Crippen molar-refractivity contribution in [1.29, 1.82) is 0 Å². The molecule has 1 heterocycles. The van der Waals surface area contributed by atoms with Crippen molar-refractivity contribution in [1.82, 2.24) is 4.90 Å². The van der Waals surface area contributed by atoms with Crippen LogP contribution in [0.25, 0.3) is 0 Å². The standard InChI is InChI=1S/C16H26N2O2.ClH/c1-12-4-5-13(8-16(12)20-3)11-18-7-6-15(19-2)9-14(18)10-17;/h4-5,8,14-15H,6-7,9-11,17H2,1-3H3;1H. The topological polar surface area (TPSA) is 47.7 Å². The number of likely N-dealkylation sites (tertiary alicyclic amines) is 1. The molecule has 0 aliphatic carbocycles. The summed E-state index contributed by atoms with van der Waals surface area (Å²) in [4.78, 5) is 2.46. The Labute approximate surface area is 134 Å². The van der Waals surface area contributed by atoms with Crippen LogP contribution in [0, 0.1) is 6.92 Å². The number of aryl methyl sites for hydroxylation is 1. The fourth-order valence-corrected chi connectivity index (χ4v) is 2.93. The van der Waals surface area contributed by atoms with Gasteiger partial charge in [-0.1, -0.05) is 12.1 Å².